The SMILES string of the molecule is CCOC(=O)c1cc2ccc(Cl)cc2n2c1cc(=O)c1ccccc12. The quantitative estimate of drug-likeness (QED) is 0.396. The highest BCUT2D eigenvalue weighted by Crippen LogP contribution is 2.27. The van der Waals surface area contributed by atoms with Crippen LogP contribution < -0.4 is 5.43 Å². The zero-order valence-corrected chi connectivity index (χ0v) is 14.2. The minimum atomic E-state index is -0.452. The lowest BCUT2D eigenvalue weighted by Gasteiger charge is -2.14. The summed E-state index contributed by atoms with van der Waals surface area (Å²) in [6, 6.07) is 16.0. The van der Waals surface area contributed by atoms with E-state index in [4.69, 9.17) is 16.3 Å². The molecule has 0 unspecified atom stereocenters. The Morgan fingerprint density at radius 2 is 1.84 bits per heavy atom. The largest absolute Gasteiger partial charge is 0.462 e. The number of hydrogen-bond acceptors (Lipinski definition) is 3. The van der Waals surface area contributed by atoms with E-state index in [1.165, 1.54) is 6.07 Å². The Morgan fingerprint density at radius 3 is 2.64 bits per heavy atom. The molecule has 25 heavy (non-hydrogen) atoms. The smallest absolute Gasteiger partial charge is 0.340 e. The van der Waals surface area contributed by atoms with Gasteiger partial charge in [-0.05, 0) is 42.6 Å². The second kappa shape index (κ2) is 5.90. The zero-order chi connectivity index (χ0) is 17.6. The van der Waals surface area contributed by atoms with E-state index >= 15 is 0 Å². The third-order valence-electron chi connectivity index (χ3n) is 4.22. The summed E-state index contributed by atoms with van der Waals surface area (Å²) in [5.41, 5.74) is 2.29. The Hall–Kier alpha value is -2.85. The molecule has 2 aromatic heterocycles. The van der Waals surface area contributed by atoms with Gasteiger partial charge in [0.15, 0.2) is 5.43 Å². The number of pyridine rings is 2. The van der Waals surface area contributed by atoms with Crippen molar-refractivity contribution in [1.82, 2.24) is 4.40 Å². The Balaban J connectivity index is 2.29. The van der Waals surface area contributed by atoms with Crippen LogP contribution in [0.3, 0.4) is 0 Å². The van der Waals surface area contributed by atoms with Crippen molar-refractivity contribution in [2.75, 3.05) is 6.61 Å². The molecule has 0 radical (unpaired) electrons. The summed E-state index contributed by atoms with van der Waals surface area (Å²) in [6.45, 7) is 2.02. The van der Waals surface area contributed by atoms with Crippen LogP contribution in [-0.4, -0.2) is 17.0 Å². The van der Waals surface area contributed by atoms with Crippen LogP contribution in [0, 0.1) is 0 Å². The molecule has 0 amide bonds. The number of ether oxygens (including phenoxy) is 1. The van der Waals surface area contributed by atoms with E-state index in [-0.39, 0.29) is 12.0 Å². The standard InChI is InChI=1S/C20H14ClNO3/c1-2-25-20(24)15-9-12-7-8-13(21)10-17(12)22-16-6-4-3-5-14(16)19(23)11-18(15)22/h3-11H,2H2,1H3. The normalized spacial score (nSPS) is 11.3. The number of carbonyl (C=O) groups is 1. The van der Waals surface area contributed by atoms with E-state index in [1.54, 1.807) is 25.1 Å². The number of fused-ring (bicyclic) bond motifs is 5. The average Bonchev–Trinajstić information content (AvgIpc) is 2.61. The number of para-hydroxylation sites is 1. The fourth-order valence-electron chi connectivity index (χ4n) is 3.17. The van der Waals surface area contributed by atoms with Crippen molar-refractivity contribution in [2.24, 2.45) is 0 Å². The first kappa shape index (κ1) is 15.7. The first-order valence-corrected chi connectivity index (χ1v) is 8.32. The van der Waals surface area contributed by atoms with Gasteiger partial charge in [0.1, 0.15) is 0 Å². The number of carbonyl (C=O) groups excluding carboxylic acids is 1. The maximum absolute atomic E-state index is 12.5. The molecule has 0 N–H and O–H groups in total. The van der Waals surface area contributed by atoms with E-state index in [1.807, 2.05) is 34.7 Å². The first-order chi connectivity index (χ1) is 12.1. The highest BCUT2D eigenvalue weighted by molar-refractivity contribution is 6.31. The van der Waals surface area contributed by atoms with Gasteiger partial charge in [0.25, 0.3) is 0 Å². The molecular formula is C20H14ClNO3. The summed E-state index contributed by atoms with van der Waals surface area (Å²) in [5, 5.41) is 2.01. The lowest BCUT2D eigenvalue weighted by Crippen LogP contribution is -2.12. The summed E-state index contributed by atoms with van der Waals surface area (Å²) in [4.78, 5) is 25.0. The third-order valence-corrected chi connectivity index (χ3v) is 4.46. The first-order valence-electron chi connectivity index (χ1n) is 7.94. The molecule has 2 aromatic carbocycles. The van der Waals surface area contributed by atoms with Crippen LogP contribution in [0.1, 0.15) is 17.3 Å². The van der Waals surface area contributed by atoms with Crippen molar-refractivity contribution in [3.63, 3.8) is 0 Å². The number of hydrogen-bond donors (Lipinski definition) is 0. The summed E-state index contributed by atoms with van der Waals surface area (Å²) in [6.07, 6.45) is 0. The topological polar surface area (TPSA) is 47.8 Å². The second-order valence-electron chi connectivity index (χ2n) is 5.73. The highest BCUT2D eigenvalue weighted by atomic mass is 35.5. The molecule has 0 saturated heterocycles. The van der Waals surface area contributed by atoms with Crippen molar-refractivity contribution >= 4 is 44.9 Å². The van der Waals surface area contributed by atoms with Crippen LogP contribution in [-0.2, 0) is 4.74 Å². The van der Waals surface area contributed by atoms with Gasteiger partial charge in [-0.25, -0.2) is 4.79 Å². The van der Waals surface area contributed by atoms with Crippen LogP contribution in [0.2, 0.25) is 5.02 Å². The molecule has 4 aromatic rings. The van der Waals surface area contributed by atoms with Crippen LogP contribution >= 0.6 is 11.6 Å². The summed E-state index contributed by atoms with van der Waals surface area (Å²) < 4.78 is 7.07. The molecule has 124 valence electrons. The molecule has 0 atom stereocenters. The lowest BCUT2D eigenvalue weighted by molar-refractivity contribution is 0.0528. The van der Waals surface area contributed by atoms with E-state index in [2.05, 4.69) is 0 Å². The molecule has 2 heterocycles. The van der Waals surface area contributed by atoms with Gasteiger partial charge in [0.2, 0.25) is 0 Å². The number of esters is 1. The van der Waals surface area contributed by atoms with E-state index in [0.29, 0.717) is 21.5 Å². The van der Waals surface area contributed by atoms with E-state index in [0.717, 1.165) is 16.4 Å². The molecule has 0 aliphatic rings. The maximum Gasteiger partial charge on any atom is 0.340 e. The zero-order valence-electron chi connectivity index (χ0n) is 13.5. The number of halogens is 1. The van der Waals surface area contributed by atoms with Gasteiger partial charge in [0, 0.05) is 16.5 Å². The molecule has 0 spiro atoms. The minimum absolute atomic E-state index is 0.137. The molecule has 4 rings (SSSR count). The minimum Gasteiger partial charge on any atom is -0.462 e. The van der Waals surface area contributed by atoms with Crippen LogP contribution in [0.25, 0.3) is 27.3 Å². The number of rotatable bonds is 2. The Labute approximate surface area is 148 Å². The van der Waals surface area contributed by atoms with Gasteiger partial charge in [-0.15, -0.1) is 0 Å². The average molecular weight is 352 g/mol. The van der Waals surface area contributed by atoms with Crippen LogP contribution in [0.5, 0.6) is 0 Å². The third kappa shape index (κ3) is 2.46. The van der Waals surface area contributed by atoms with Crippen molar-refractivity contribution in [1.29, 1.82) is 0 Å². The fraction of sp³-hybridized carbons (Fsp3) is 0.100. The molecule has 0 fully saturated rings. The monoisotopic (exact) mass is 351 g/mol. The molecule has 0 aliphatic heterocycles. The van der Waals surface area contributed by atoms with Gasteiger partial charge in [0.05, 0.1) is 28.7 Å². The molecule has 0 bridgehead atoms. The predicted octanol–water partition coefficient (Wildman–Crippen LogP) is 4.44. The van der Waals surface area contributed by atoms with Gasteiger partial charge in [-0.3, -0.25) is 4.79 Å². The molecule has 4 nitrogen and oxygen atoms in total. The maximum atomic E-state index is 12.5. The molecule has 0 aliphatic carbocycles. The van der Waals surface area contributed by atoms with Crippen molar-refractivity contribution in [3.8, 4) is 0 Å². The van der Waals surface area contributed by atoms with Gasteiger partial charge in [-0.1, -0.05) is 29.8 Å². The van der Waals surface area contributed by atoms with Gasteiger partial charge >= 0.3 is 5.97 Å². The molecule has 5 heteroatoms. The van der Waals surface area contributed by atoms with E-state index in [9.17, 15) is 9.59 Å². The summed E-state index contributed by atoms with van der Waals surface area (Å²) in [5.74, 6) is -0.452. The van der Waals surface area contributed by atoms with Crippen LogP contribution in [0.4, 0.5) is 0 Å². The predicted molar refractivity (Wildman–Crippen MR) is 99.6 cm³/mol. The van der Waals surface area contributed by atoms with Crippen LogP contribution in [0.15, 0.2) is 59.4 Å². The Kier molecular flexibility index (Phi) is 3.70. The number of nitrogens with zero attached hydrogens (tertiary/aromatic N) is 1. The van der Waals surface area contributed by atoms with Crippen molar-refractivity contribution in [2.45, 2.75) is 6.92 Å². The van der Waals surface area contributed by atoms with E-state index < -0.39 is 5.97 Å². The number of benzene rings is 2. The fourth-order valence-corrected chi connectivity index (χ4v) is 3.33. The summed E-state index contributed by atoms with van der Waals surface area (Å²) >= 11 is 6.19. The van der Waals surface area contributed by atoms with Crippen molar-refractivity contribution in [3.05, 3.63) is 75.4 Å². The van der Waals surface area contributed by atoms with Gasteiger partial charge < -0.3 is 9.14 Å². The van der Waals surface area contributed by atoms with Gasteiger partial charge in [-0.2, -0.15) is 0 Å². The number of aromatic nitrogens is 1. The Bertz CT molecular complexity index is 1210. The molecular weight excluding hydrogens is 338 g/mol. The summed E-state index contributed by atoms with van der Waals surface area (Å²) in [7, 11) is 0. The second-order valence-corrected chi connectivity index (χ2v) is 6.16. The Morgan fingerprint density at radius 1 is 1.04 bits per heavy atom. The molecule has 0 saturated carbocycles. The van der Waals surface area contributed by atoms with Crippen molar-refractivity contribution < 1.29 is 9.53 Å². The highest BCUT2D eigenvalue weighted by Gasteiger charge is 2.17. The lowest BCUT2D eigenvalue weighted by atomic mass is 10.1.